The number of aromatic nitrogens is 1. The van der Waals surface area contributed by atoms with Crippen LogP contribution in [0.3, 0.4) is 0 Å². The number of hydrogen-bond donors (Lipinski definition) is 0. The van der Waals surface area contributed by atoms with E-state index in [1.165, 1.54) is 11.4 Å². The number of rotatable bonds is 2. The first kappa shape index (κ1) is 10.3. The molecule has 1 amide bonds. The molecule has 0 unspecified atom stereocenters. The molecule has 2 heterocycles. The fourth-order valence-electron chi connectivity index (χ4n) is 2.15. The van der Waals surface area contributed by atoms with Crippen molar-refractivity contribution in [3.05, 3.63) is 23.5 Å². The van der Waals surface area contributed by atoms with Gasteiger partial charge in [0.1, 0.15) is 6.54 Å². The van der Waals surface area contributed by atoms with Gasteiger partial charge in [0.05, 0.1) is 0 Å². The third kappa shape index (κ3) is 2.06. The van der Waals surface area contributed by atoms with Crippen molar-refractivity contribution in [3.63, 3.8) is 0 Å². The fourth-order valence-corrected chi connectivity index (χ4v) is 2.15. The van der Waals surface area contributed by atoms with Crippen LogP contribution in [0.2, 0.25) is 0 Å². The van der Waals surface area contributed by atoms with E-state index >= 15 is 0 Å². The second-order valence-electron chi connectivity index (χ2n) is 4.29. The van der Waals surface area contributed by atoms with Crippen molar-refractivity contribution < 1.29 is 4.79 Å². The van der Waals surface area contributed by atoms with Crippen LogP contribution < -0.4 is 0 Å². The number of hydrogen-bond acceptors (Lipinski definition) is 1. The lowest BCUT2D eigenvalue weighted by Crippen LogP contribution is -2.31. The van der Waals surface area contributed by atoms with Crippen molar-refractivity contribution in [2.45, 2.75) is 33.2 Å². The van der Waals surface area contributed by atoms with Crippen molar-refractivity contribution >= 4 is 5.91 Å². The van der Waals surface area contributed by atoms with Gasteiger partial charge in [-0.15, -0.1) is 0 Å². The lowest BCUT2D eigenvalue weighted by molar-refractivity contribution is -0.130. The van der Waals surface area contributed by atoms with E-state index in [9.17, 15) is 4.79 Å². The Bertz CT molecular complexity index is 342. The van der Waals surface area contributed by atoms with Crippen LogP contribution in [-0.2, 0) is 11.3 Å². The maximum atomic E-state index is 11.9. The molecule has 0 atom stereocenters. The number of nitrogens with zero attached hydrogens (tertiary/aromatic N) is 2. The number of carbonyl (C=O) groups excluding carboxylic acids is 1. The minimum Gasteiger partial charge on any atom is -0.341 e. The summed E-state index contributed by atoms with van der Waals surface area (Å²) in [6.07, 6.45) is 2.32. The van der Waals surface area contributed by atoms with Crippen LogP contribution in [0.4, 0.5) is 0 Å². The Kier molecular flexibility index (Phi) is 2.80. The van der Waals surface area contributed by atoms with Gasteiger partial charge in [0.15, 0.2) is 0 Å². The second-order valence-corrected chi connectivity index (χ2v) is 4.29. The van der Waals surface area contributed by atoms with Crippen LogP contribution in [0.25, 0.3) is 0 Å². The van der Waals surface area contributed by atoms with E-state index in [2.05, 4.69) is 16.7 Å². The van der Waals surface area contributed by atoms with Gasteiger partial charge in [0, 0.05) is 24.5 Å². The smallest absolute Gasteiger partial charge is 0.242 e. The topological polar surface area (TPSA) is 25.2 Å². The number of carbonyl (C=O) groups is 1. The van der Waals surface area contributed by atoms with Gasteiger partial charge in [-0.25, -0.2) is 0 Å². The molecule has 0 aromatic carbocycles. The minimum absolute atomic E-state index is 0.259. The highest BCUT2D eigenvalue weighted by Crippen LogP contribution is 2.11. The average Bonchev–Trinajstić information content (AvgIpc) is 2.82. The van der Waals surface area contributed by atoms with Gasteiger partial charge in [0.2, 0.25) is 5.91 Å². The largest absolute Gasteiger partial charge is 0.341 e. The lowest BCUT2D eigenvalue weighted by atomic mass is 10.4. The van der Waals surface area contributed by atoms with Crippen molar-refractivity contribution in [1.82, 2.24) is 9.47 Å². The summed E-state index contributed by atoms with van der Waals surface area (Å²) < 4.78 is 2.08. The summed E-state index contributed by atoms with van der Waals surface area (Å²) >= 11 is 0. The molecular weight excluding hydrogens is 188 g/mol. The Morgan fingerprint density at radius 1 is 1.20 bits per heavy atom. The molecule has 0 N–H and O–H groups in total. The van der Waals surface area contributed by atoms with Gasteiger partial charge in [-0.3, -0.25) is 4.79 Å². The molecule has 82 valence electrons. The molecule has 1 aliphatic heterocycles. The lowest BCUT2D eigenvalue weighted by Gasteiger charge is -2.17. The zero-order valence-electron chi connectivity index (χ0n) is 9.49. The summed E-state index contributed by atoms with van der Waals surface area (Å²) in [4.78, 5) is 13.9. The number of amides is 1. The zero-order chi connectivity index (χ0) is 10.8. The second kappa shape index (κ2) is 4.09. The van der Waals surface area contributed by atoms with Crippen molar-refractivity contribution in [2.24, 2.45) is 0 Å². The highest BCUT2D eigenvalue weighted by Gasteiger charge is 2.18. The van der Waals surface area contributed by atoms with E-state index in [0.717, 1.165) is 25.9 Å². The first-order valence-electron chi connectivity index (χ1n) is 5.59. The van der Waals surface area contributed by atoms with E-state index in [0.29, 0.717) is 6.54 Å². The zero-order valence-corrected chi connectivity index (χ0v) is 9.49. The van der Waals surface area contributed by atoms with Crippen LogP contribution in [0, 0.1) is 13.8 Å². The molecule has 1 saturated heterocycles. The molecule has 0 radical (unpaired) electrons. The molecule has 0 bridgehead atoms. The Balaban J connectivity index is 2.05. The maximum absolute atomic E-state index is 11.9. The SMILES string of the molecule is Cc1ccc(C)n1CC(=O)N1CCCC1. The minimum atomic E-state index is 0.259. The molecule has 1 fully saturated rings. The van der Waals surface area contributed by atoms with Crippen molar-refractivity contribution in [2.75, 3.05) is 13.1 Å². The van der Waals surface area contributed by atoms with Crippen LogP contribution in [0.5, 0.6) is 0 Å². The standard InChI is InChI=1S/C12H18N2O/c1-10-5-6-11(2)14(10)9-12(15)13-7-3-4-8-13/h5-6H,3-4,7-9H2,1-2H3. The molecule has 2 rings (SSSR count). The van der Waals surface area contributed by atoms with Crippen molar-refractivity contribution in [1.29, 1.82) is 0 Å². The normalized spacial score (nSPS) is 16.0. The van der Waals surface area contributed by atoms with E-state index in [-0.39, 0.29) is 5.91 Å². The Morgan fingerprint density at radius 2 is 1.73 bits per heavy atom. The van der Waals surface area contributed by atoms with Crippen LogP contribution in [0.1, 0.15) is 24.2 Å². The predicted molar refractivity (Wildman–Crippen MR) is 59.7 cm³/mol. The third-order valence-electron chi connectivity index (χ3n) is 3.17. The summed E-state index contributed by atoms with van der Waals surface area (Å²) in [5.74, 6) is 0.259. The third-order valence-corrected chi connectivity index (χ3v) is 3.17. The van der Waals surface area contributed by atoms with Gasteiger partial charge in [-0.05, 0) is 38.8 Å². The van der Waals surface area contributed by atoms with Crippen LogP contribution >= 0.6 is 0 Å². The molecule has 0 spiro atoms. The molecule has 1 aliphatic rings. The number of aryl methyl sites for hydroxylation is 2. The monoisotopic (exact) mass is 206 g/mol. The summed E-state index contributed by atoms with van der Waals surface area (Å²) in [6.45, 7) is 6.48. The number of likely N-dealkylation sites (tertiary alicyclic amines) is 1. The molecule has 1 aromatic rings. The van der Waals surface area contributed by atoms with Gasteiger partial charge in [0.25, 0.3) is 0 Å². The quantitative estimate of drug-likeness (QED) is 0.723. The van der Waals surface area contributed by atoms with Crippen molar-refractivity contribution in [3.8, 4) is 0 Å². The van der Waals surface area contributed by atoms with Gasteiger partial charge in [-0.2, -0.15) is 0 Å². The maximum Gasteiger partial charge on any atom is 0.242 e. The molecular formula is C12H18N2O. The molecule has 1 aromatic heterocycles. The molecule has 0 aliphatic carbocycles. The van der Waals surface area contributed by atoms with E-state index in [1.807, 2.05) is 18.7 Å². The summed E-state index contributed by atoms with van der Waals surface area (Å²) in [5, 5.41) is 0. The van der Waals surface area contributed by atoms with E-state index in [4.69, 9.17) is 0 Å². The van der Waals surface area contributed by atoms with E-state index in [1.54, 1.807) is 0 Å². The van der Waals surface area contributed by atoms with E-state index < -0.39 is 0 Å². The predicted octanol–water partition coefficient (Wildman–Crippen LogP) is 1.73. The fraction of sp³-hybridized carbons (Fsp3) is 0.583. The Hall–Kier alpha value is -1.25. The summed E-state index contributed by atoms with van der Waals surface area (Å²) in [7, 11) is 0. The van der Waals surface area contributed by atoms with Crippen LogP contribution in [-0.4, -0.2) is 28.5 Å². The molecule has 0 saturated carbocycles. The van der Waals surface area contributed by atoms with Gasteiger partial charge >= 0.3 is 0 Å². The average molecular weight is 206 g/mol. The Morgan fingerprint density at radius 3 is 2.27 bits per heavy atom. The first-order chi connectivity index (χ1) is 7.18. The van der Waals surface area contributed by atoms with Gasteiger partial charge in [-0.1, -0.05) is 0 Å². The molecule has 3 nitrogen and oxygen atoms in total. The van der Waals surface area contributed by atoms with Gasteiger partial charge < -0.3 is 9.47 Å². The highest BCUT2D eigenvalue weighted by atomic mass is 16.2. The van der Waals surface area contributed by atoms with Crippen LogP contribution in [0.15, 0.2) is 12.1 Å². The molecule has 3 heteroatoms. The first-order valence-corrected chi connectivity index (χ1v) is 5.59. The summed E-state index contributed by atoms with van der Waals surface area (Å²) in [6, 6.07) is 4.12. The molecule has 15 heavy (non-hydrogen) atoms. The highest BCUT2D eigenvalue weighted by molar-refractivity contribution is 5.76. The Labute approximate surface area is 90.7 Å². The summed E-state index contributed by atoms with van der Waals surface area (Å²) in [5.41, 5.74) is 2.33.